The van der Waals surface area contributed by atoms with Crippen LogP contribution in [0.1, 0.15) is 0 Å². The van der Waals surface area contributed by atoms with Gasteiger partial charge in [0, 0.05) is 108 Å². The van der Waals surface area contributed by atoms with Crippen molar-refractivity contribution in [2.75, 3.05) is 39.2 Å². The van der Waals surface area contributed by atoms with Crippen molar-refractivity contribution in [2.45, 2.75) is 0 Å². The van der Waals surface area contributed by atoms with Gasteiger partial charge >= 0.3 is 0 Å². The summed E-state index contributed by atoms with van der Waals surface area (Å²) in [4.78, 5) is 28.3. The SMILES string of the molecule is [Ir].[Ir].[c-]1cc(-c2ccccc2-c2cc(-c3ccccc3-c3c[c-]c(N4[CH-]N(c5ccccc5)c5ccccc54)cc3)cc(-c3ccccc3-c3c[c-]c(-c4[c-]cc(-c5ccccc5-c5cc(-c6ccccc6-c6c[c-]c(N7[CH-]N(c8ccccc8)c8ccccc87)cc6)cc(-c6ccccc6-c6c[c-]c(N7[CH-]N(c8ccccc8)c8ccccc87)cc6)c5)cn4)nc3)c2)ccc1N1[CH-]N(c2ccccc2)c2ccccc21. The maximum Gasteiger partial charge on any atom is 0.0344 e. The van der Waals surface area contributed by atoms with Gasteiger partial charge in [0.1, 0.15) is 0 Å². The smallest absolute Gasteiger partial charge is 0.0344 e. The molecule has 0 saturated carbocycles. The average molecular weight is 2220 g/mol. The summed E-state index contributed by atoms with van der Waals surface area (Å²) in [6.45, 7) is 8.64. The number of nitrogens with zero attached hydrogens (tertiary/aromatic N) is 10. The average Bonchev–Trinajstić information content (AvgIpc) is 1.58. The van der Waals surface area contributed by atoms with Crippen LogP contribution in [0.4, 0.5) is 91.0 Å². The molecule has 6 heterocycles. The van der Waals surface area contributed by atoms with Gasteiger partial charge in [-0.3, -0.25) is 0 Å². The molecule has 0 saturated heterocycles. The molecule has 2 aromatic heterocycles. The Morgan fingerprint density at radius 2 is 0.315 bits per heavy atom. The predicted molar refractivity (Wildman–Crippen MR) is 592 cm³/mol. The summed E-state index contributed by atoms with van der Waals surface area (Å²) in [5, 5.41) is 0. The van der Waals surface area contributed by atoms with Gasteiger partial charge in [0.15, 0.2) is 0 Å². The Labute approximate surface area is 879 Å². The summed E-state index contributed by atoms with van der Waals surface area (Å²) < 4.78 is 0. The first-order valence-electron chi connectivity index (χ1n) is 48.4. The molecule has 2 radical (unpaired) electrons. The number of hydrogen-bond acceptors (Lipinski definition) is 10. The number of rotatable bonds is 21. The van der Waals surface area contributed by atoms with Crippen LogP contribution in [0.25, 0.3) is 145 Å². The zero-order chi connectivity index (χ0) is 95.3. The van der Waals surface area contributed by atoms with Crippen LogP contribution < -0.4 is 39.2 Å². The Hall–Kier alpha value is -17.6. The first-order chi connectivity index (χ1) is 71.4. The van der Waals surface area contributed by atoms with Crippen LogP contribution in [0, 0.1) is 63.1 Å². The molecule has 0 aliphatic carbocycles. The molecule has 146 heavy (non-hydrogen) atoms. The number of aromatic nitrogens is 2. The molecule has 0 amide bonds. The van der Waals surface area contributed by atoms with E-state index < -0.39 is 0 Å². The first kappa shape index (κ1) is 90.9. The maximum atomic E-state index is 5.21. The molecule has 0 bridgehead atoms. The minimum absolute atomic E-state index is 0. The fourth-order valence-electron chi connectivity index (χ4n) is 20.7. The van der Waals surface area contributed by atoms with Gasteiger partial charge in [-0.25, -0.2) is 12.1 Å². The largest absolute Gasteiger partial charge is 0.493 e. The van der Waals surface area contributed by atoms with Gasteiger partial charge in [0.2, 0.25) is 0 Å². The summed E-state index contributed by atoms with van der Waals surface area (Å²) in [7, 11) is 0. The molecular formula is C134H86Ir2N10-10. The van der Waals surface area contributed by atoms with E-state index in [0.717, 1.165) is 225 Å². The van der Waals surface area contributed by atoms with Gasteiger partial charge in [-0.05, 0) is 213 Å². The van der Waals surface area contributed by atoms with Crippen molar-refractivity contribution < 1.29 is 40.2 Å². The van der Waals surface area contributed by atoms with E-state index in [0.29, 0.717) is 11.4 Å². The van der Waals surface area contributed by atoms with Crippen molar-refractivity contribution in [1.82, 2.24) is 9.97 Å². The minimum atomic E-state index is 0. The van der Waals surface area contributed by atoms with Crippen LogP contribution in [-0.2, 0) is 40.2 Å². The molecule has 0 spiro atoms. The van der Waals surface area contributed by atoms with Gasteiger partial charge in [-0.15, -0.1) is 107 Å². The Morgan fingerprint density at radius 3 is 0.493 bits per heavy atom. The quantitative estimate of drug-likeness (QED) is 0.0650. The van der Waals surface area contributed by atoms with Crippen molar-refractivity contribution in [3.63, 3.8) is 0 Å². The van der Waals surface area contributed by atoms with E-state index in [1.807, 2.05) is 24.5 Å². The summed E-state index contributed by atoms with van der Waals surface area (Å²) >= 11 is 0. The Balaban J connectivity index is 0.00000571. The van der Waals surface area contributed by atoms with Crippen molar-refractivity contribution in [3.05, 3.63) is 561 Å². The van der Waals surface area contributed by atoms with Crippen molar-refractivity contribution in [3.8, 4) is 145 Å². The Morgan fingerprint density at radius 1 is 0.151 bits per heavy atom. The van der Waals surface area contributed by atoms with Crippen LogP contribution in [-0.4, -0.2) is 9.97 Å². The monoisotopic (exact) mass is 2220 g/mol. The second-order valence-corrected chi connectivity index (χ2v) is 36.1. The second-order valence-electron chi connectivity index (χ2n) is 36.1. The van der Waals surface area contributed by atoms with Crippen molar-refractivity contribution in [2.24, 2.45) is 0 Å². The molecule has 700 valence electrons. The number of fused-ring (bicyclic) bond motifs is 4. The number of pyridine rings is 2. The van der Waals surface area contributed by atoms with Crippen LogP contribution in [0.5, 0.6) is 0 Å². The van der Waals surface area contributed by atoms with Gasteiger partial charge in [0.05, 0.1) is 0 Å². The first-order valence-corrected chi connectivity index (χ1v) is 48.4. The van der Waals surface area contributed by atoms with Crippen LogP contribution in [0.3, 0.4) is 0 Å². The predicted octanol–water partition coefficient (Wildman–Crippen LogP) is 34.6. The summed E-state index contributed by atoms with van der Waals surface area (Å²) in [5.41, 5.74) is 43.1. The van der Waals surface area contributed by atoms with E-state index in [-0.39, 0.29) is 40.2 Å². The zero-order valence-electron chi connectivity index (χ0n) is 78.8. The summed E-state index contributed by atoms with van der Waals surface area (Å²) in [6, 6.07) is 195. The van der Waals surface area contributed by atoms with Gasteiger partial charge in [-0.2, -0.15) is 84.9 Å². The standard InChI is InChI=1S/C134H86N10.2Ir/c1-5-33-105(34-6-1)137-89-141(131-57-29-25-53-127(131)137)109-71-61-93(62-72-109)113-41-13-19-47-119(113)99-81-100(120-48-20-14-42-114(120)94-63-73-110(74-64-94)142-90-138(106-35-7-2-8-36-106)128-54-26-30-58-132(128)142)84-103(83-99)123-51-23-17-45-117(123)97-69-79-125(135-87-97)126-80-70-98(88-136-126)118-46-18-24-52-124(118)104-85-101(121-49-21-15-43-115(121)95-65-75-111(76-66-95)143-91-139(107-37-9-3-10-38-107)129-55-27-31-59-133(129)143)82-102(86-104)122-50-22-16-44-116(122)96-67-77-112(78-68-96)144-92-140(108-39-11-4-12-40-108)130-56-28-32-60-134(130)144;;/h1-71,73,75,77,81-92H;;/q-10;;. The van der Waals surface area contributed by atoms with E-state index in [4.69, 9.17) is 9.97 Å². The fourth-order valence-corrected chi connectivity index (χ4v) is 20.7. The van der Waals surface area contributed by atoms with Crippen molar-refractivity contribution >= 4 is 91.0 Å². The van der Waals surface area contributed by atoms with Gasteiger partial charge < -0.3 is 49.2 Å². The van der Waals surface area contributed by atoms with E-state index >= 15 is 0 Å². The van der Waals surface area contributed by atoms with E-state index in [2.05, 4.69) is 575 Å². The molecule has 10 nitrogen and oxygen atoms in total. The topological polar surface area (TPSA) is 51.7 Å². The third-order valence-corrected chi connectivity index (χ3v) is 27.7. The molecule has 26 rings (SSSR count). The number of benzene rings is 20. The Kier molecular flexibility index (Phi) is 24.7. The fraction of sp³-hybridized carbons (Fsp3) is 0. The van der Waals surface area contributed by atoms with Gasteiger partial charge in [0.25, 0.3) is 0 Å². The molecule has 0 atom stereocenters. The third-order valence-electron chi connectivity index (χ3n) is 27.7. The number of anilines is 16. The van der Waals surface area contributed by atoms with Crippen molar-refractivity contribution in [1.29, 1.82) is 0 Å². The summed E-state index contributed by atoms with van der Waals surface area (Å²) in [5.74, 6) is 0. The zero-order valence-corrected chi connectivity index (χ0v) is 83.6. The molecule has 0 fully saturated rings. The third kappa shape index (κ3) is 17.2. The maximum absolute atomic E-state index is 5.21. The van der Waals surface area contributed by atoms with E-state index in [9.17, 15) is 0 Å². The number of hydrogen-bond donors (Lipinski definition) is 0. The summed E-state index contributed by atoms with van der Waals surface area (Å²) in [6.07, 6.45) is 3.91. The second kappa shape index (κ2) is 39.7. The molecule has 0 N–H and O–H groups in total. The van der Waals surface area contributed by atoms with Gasteiger partial charge in [-0.1, -0.05) is 311 Å². The molecular weight excluding hydrogens is 2130 g/mol. The van der Waals surface area contributed by atoms with Crippen LogP contribution >= 0.6 is 0 Å². The normalized spacial score (nSPS) is 12.7. The molecule has 4 aliphatic heterocycles. The van der Waals surface area contributed by atoms with E-state index in [1.54, 1.807) is 0 Å². The molecule has 20 aromatic carbocycles. The Bertz CT molecular complexity index is 7630. The minimum Gasteiger partial charge on any atom is -0.493 e. The van der Waals surface area contributed by atoms with Crippen LogP contribution in [0.2, 0.25) is 0 Å². The molecule has 22 aromatic rings. The molecule has 12 heteroatoms. The van der Waals surface area contributed by atoms with E-state index in [1.165, 1.54) is 0 Å². The molecule has 0 unspecified atom stereocenters. The van der Waals surface area contributed by atoms with Crippen LogP contribution in [0.15, 0.2) is 498 Å². The number of para-hydroxylation sites is 12. The molecule has 4 aliphatic rings.